The molecule has 1 aromatic carbocycles. The molecule has 2 aliphatic rings. The van der Waals surface area contributed by atoms with Crippen molar-refractivity contribution in [3.63, 3.8) is 0 Å². The molecule has 0 spiro atoms. The van der Waals surface area contributed by atoms with E-state index in [0.29, 0.717) is 17.5 Å². The van der Waals surface area contributed by atoms with Gasteiger partial charge in [0.2, 0.25) is 5.91 Å². The average molecular weight is 558 g/mol. The van der Waals surface area contributed by atoms with Gasteiger partial charge < -0.3 is 15.5 Å². The molecule has 1 saturated carbocycles. The van der Waals surface area contributed by atoms with Gasteiger partial charge in [0.1, 0.15) is 0 Å². The van der Waals surface area contributed by atoms with E-state index in [9.17, 15) is 4.79 Å². The van der Waals surface area contributed by atoms with Crippen LogP contribution in [0.15, 0.2) is 24.3 Å². The highest BCUT2D eigenvalue weighted by Crippen LogP contribution is 2.30. The lowest BCUT2D eigenvalue weighted by molar-refractivity contribution is -0.135. The first-order chi connectivity index (χ1) is 15.0. The summed E-state index contributed by atoms with van der Waals surface area (Å²) < 4.78 is 0. The molecule has 1 aliphatic carbocycles. The van der Waals surface area contributed by atoms with Crippen LogP contribution < -0.4 is 5.73 Å². The van der Waals surface area contributed by atoms with Gasteiger partial charge in [-0.25, -0.2) is 0 Å². The van der Waals surface area contributed by atoms with Gasteiger partial charge in [-0.05, 0) is 56.0 Å². The summed E-state index contributed by atoms with van der Waals surface area (Å²) in [5.74, 6) is 0.872. The van der Waals surface area contributed by atoms with Crippen LogP contribution in [-0.2, 0) is 11.2 Å². The Morgan fingerprint density at radius 1 is 1.00 bits per heavy atom. The molecule has 2 N–H and O–H groups in total. The number of hydrogen-bond acceptors (Lipinski definition) is 4. The first-order valence-electron chi connectivity index (χ1n) is 12.3. The smallest absolute Gasteiger partial charge is 0.239 e. The number of carbonyl (C=O) groups is 1. The van der Waals surface area contributed by atoms with E-state index in [1.54, 1.807) is 0 Å². The molecule has 5 nitrogen and oxygen atoms in total. The molecule has 1 heterocycles. The monoisotopic (exact) mass is 556 g/mol. The van der Waals surface area contributed by atoms with Crippen molar-refractivity contribution in [3.8, 4) is 0 Å². The fraction of sp³-hybridized carbons (Fsp3) is 0.720. The number of rotatable bonds is 9. The quantitative estimate of drug-likeness (QED) is 0.468. The number of hydrogen-bond donors (Lipinski definition) is 1. The standard InChI is InChI=1S/C25H41ClN4O.3ClH/c1-3-28(4-2)19-24(21-8-6-5-7-9-21)29-14-16-30(17-15-29)25(31)23(27)18-20-10-12-22(26)13-11-20;;;/h10-13,21,23-24H,3-9,14-19,27H2,1-2H3;3*1H. The van der Waals surface area contributed by atoms with Crippen LogP contribution in [0.1, 0.15) is 51.5 Å². The molecule has 198 valence electrons. The molecule has 0 radical (unpaired) electrons. The second-order valence-electron chi connectivity index (χ2n) is 9.25. The first-order valence-corrected chi connectivity index (χ1v) is 12.6. The molecule has 1 saturated heterocycles. The van der Waals surface area contributed by atoms with Gasteiger partial charge >= 0.3 is 0 Å². The van der Waals surface area contributed by atoms with E-state index < -0.39 is 6.04 Å². The zero-order chi connectivity index (χ0) is 22.2. The second kappa shape index (κ2) is 17.2. The van der Waals surface area contributed by atoms with Crippen LogP contribution in [-0.4, -0.2) is 78.5 Å². The Hall–Kier alpha value is -0.270. The lowest BCUT2D eigenvalue weighted by atomic mass is 9.82. The van der Waals surface area contributed by atoms with Crippen molar-refractivity contribution >= 4 is 54.7 Å². The predicted molar refractivity (Wildman–Crippen MR) is 151 cm³/mol. The van der Waals surface area contributed by atoms with E-state index in [0.717, 1.165) is 57.3 Å². The van der Waals surface area contributed by atoms with Crippen molar-refractivity contribution in [2.75, 3.05) is 45.8 Å². The summed E-state index contributed by atoms with van der Waals surface area (Å²) in [7, 11) is 0. The Morgan fingerprint density at radius 3 is 2.09 bits per heavy atom. The van der Waals surface area contributed by atoms with E-state index in [-0.39, 0.29) is 43.1 Å². The van der Waals surface area contributed by atoms with Gasteiger partial charge in [-0.3, -0.25) is 9.69 Å². The van der Waals surface area contributed by atoms with E-state index in [1.165, 1.54) is 32.1 Å². The van der Waals surface area contributed by atoms with Crippen LogP contribution in [0.4, 0.5) is 0 Å². The summed E-state index contributed by atoms with van der Waals surface area (Å²) >= 11 is 5.96. The summed E-state index contributed by atoms with van der Waals surface area (Å²) in [6.45, 7) is 11.4. The van der Waals surface area contributed by atoms with Crippen LogP contribution in [0.5, 0.6) is 0 Å². The molecule has 0 aromatic heterocycles. The van der Waals surface area contributed by atoms with Crippen LogP contribution in [0.25, 0.3) is 0 Å². The molecule has 3 rings (SSSR count). The fourth-order valence-corrected chi connectivity index (χ4v) is 5.42. The number of nitrogens with zero attached hydrogens (tertiary/aromatic N) is 3. The highest BCUT2D eigenvalue weighted by atomic mass is 35.5. The summed E-state index contributed by atoms with van der Waals surface area (Å²) in [5, 5.41) is 0.706. The third-order valence-corrected chi connectivity index (χ3v) is 7.57. The molecule has 1 aliphatic heterocycles. The Balaban J connectivity index is 0.00000363. The number of nitrogens with two attached hydrogens (primary N) is 1. The third-order valence-electron chi connectivity index (χ3n) is 7.31. The molecule has 2 unspecified atom stereocenters. The Kier molecular flexibility index (Phi) is 17.1. The number of amides is 1. The summed E-state index contributed by atoms with van der Waals surface area (Å²) in [5.41, 5.74) is 7.34. The summed E-state index contributed by atoms with van der Waals surface area (Å²) in [6, 6.07) is 7.74. The minimum Gasteiger partial charge on any atom is -0.339 e. The second-order valence-corrected chi connectivity index (χ2v) is 9.69. The average Bonchev–Trinajstić information content (AvgIpc) is 2.81. The van der Waals surface area contributed by atoms with Crippen LogP contribution in [0.3, 0.4) is 0 Å². The zero-order valence-corrected chi connectivity index (χ0v) is 23.9. The van der Waals surface area contributed by atoms with Crippen LogP contribution in [0, 0.1) is 5.92 Å². The Labute approximate surface area is 230 Å². The van der Waals surface area contributed by atoms with Gasteiger partial charge in [-0.15, -0.1) is 37.2 Å². The molecule has 9 heteroatoms. The summed E-state index contributed by atoms with van der Waals surface area (Å²) in [4.78, 5) is 20.2. The lowest BCUT2D eigenvalue weighted by Gasteiger charge is -2.45. The predicted octanol–water partition coefficient (Wildman–Crippen LogP) is 4.91. The van der Waals surface area contributed by atoms with Gasteiger partial charge in [0, 0.05) is 43.8 Å². The number of carbonyl (C=O) groups excluding carboxylic acids is 1. The van der Waals surface area contributed by atoms with Crippen LogP contribution >= 0.6 is 48.8 Å². The molecule has 34 heavy (non-hydrogen) atoms. The normalized spacial score (nSPS) is 18.9. The third kappa shape index (κ3) is 9.65. The van der Waals surface area contributed by atoms with E-state index in [2.05, 4.69) is 23.6 Å². The number of likely N-dealkylation sites (N-methyl/N-ethyl adjacent to an activating group) is 1. The van der Waals surface area contributed by atoms with Crippen molar-refractivity contribution in [3.05, 3.63) is 34.9 Å². The first kappa shape index (κ1) is 33.7. The maximum atomic E-state index is 13.0. The van der Waals surface area contributed by atoms with Crippen LogP contribution in [0.2, 0.25) is 5.02 Å². The van der Waals surface area contributed by atoms with E-state index >= 15 is 0 Å². The molecule has 2 fully saturated rings. The highest BCUT2D eigenvalue weighted by Gasteiger charge is 2.33. The number of benzene rings is 1. The van der Waals surface area contributed by atoms with Gasteiger partial charge in [0.15, 0.2) is 0 Å². The number of halogens is 4. The van der Waals surface area contributed by atoms with E-state index in [1.807, 2.05) is 29.2 Å². The largest absolute Gasteiger partial charge is 0.339 e. The minimum atomic E-state index is -0.488. The molecular formula is C25H44Cl4N4O. The topological polar surface area (TPSA) is 52.8 Å². The van der Waals surface area contributed by atoms with Crippen molar-refractivity contribution in [2.24, 2.45) is 11.7 Å². The van der Waals surface area contributed by atoms with E-state index in [4.69, 9.17) is 17.3 Å². The molecule has 0 bridgehead atoms. The van der Waals surface area contributed by atoms with Crippen molar-refractivity contribution in [2.45, 2.75) is 64.5 Å². The molecule has 1 amide bonds. The van der Waals surface area contributed by atoms with Crippen molar-refractivity contribution in [1.29, 1.82) is 0 Å². The molecule has 2 atom stereocenters. The lowest BCUT2D eigenvalue weighted by Crippen LogP contribution is -2.58. The minimum absolute atomic E-state index is 0. The highest BCUT2D eigenvalue weighted by molar-refractivity contribution is 6.30. The zero-order valence-electron chi connectivity index (χ0n) is 20.7. The van der Waals surface area contributed by atoms with Gasteiger partial charge in [0.05, 0.1) is 6.04 Å². The Bertz CT molecular complexity index is 676. The Morgan fingerprint density at radius 2 is 1.56 bits per heavy atom. The van der Waals surface area contributed by atoms with Crippen molar-refractivity contribution < 1.29 is 4.79 Å². The van der Waals surface area contributed by atoms with Gasteiger partial charge in [-0.2, -0.15) is 0 Å². The SMILES string of the molecule is CCN(CC)CC(C1CCCCC1)N1CCN(C(=O)C(N)Cc2ccc(Cl)cc2)CC1.Cl.Cl.Cl. The maximum absolute atomic E-state index is 13.0. The summed E-state index contributed by atoms with van der Waals surface area (Å²) in [6.07, 6.45) is 7.41. The van der Waals surface area contributed by atoms with Gasteiger partial charge in [0.25, 0.3) is 0 Å². The van der Waals surface area contributed by atoms with Gasteiger partial charge in [-0.1, -0.05) is 56.8 Å². The maximum Gasteiger partial charge on any atom is 0.239 e. The van der Waals surface area contributed by atoms with Crippen molar-refractivity contribution in [1.82, 2.24) is 14.7 Å². The molecule has 1 aromatic rings. The fourth-order valence-electron chi connectivity index (χ4n) is 5.30. The number of piperazine rings is 1. The molecular weight excluding hydrogens is 514 g/mol.